The molecule has 0 aliphatic carbocycles. The van der Waals surface area contributed by atoms with E-state index in [1.54, 1.807) is 17.3 Å². The molecule has 0 saturated carbocycles. The van der Waals surface area contributed by atoms with Gasteiger partial charge in [0.2, 0.25) is 5.76 Å². The zero-order chi connectivity index (χ0) is 26.9. The lowest BCUT2D eigenvalue weighted by atomic mass is 10.0. The Hall–Kier alpha value is -4.16. The molecule has 39 heavy (non-hydrogen) atoms. The van der Waals surface area contributed by atoms with Crippen molar-refractivity contribution < 1.29 is 22.7 Å². The average molecular weight is 536 g/mol. The predicted octanol–water partition coefficient (Wildman–Crippen LogP) is 3.25. The summed E-state index contributed by atoms with van der Waals surface area (Å²) in [7, 11) is 0. The molecule has 202 valence electrons. The number of piperazine rings is 1. The zero-order valence-corrected chi connectivity index (χ0v) is 21.3. The number of amides is 1. The molecule has 1 atom stereocenters. The number of rotatable bonds is 5. The van der Waals surface area contributed by atoms with E-state index in [2.05, 4.69) is 15.3 Å². The number of aromatic nitrogens is 3. The quantitative estimate of drug-likeness (QED) is 0.413. The summed E-state index contributed by atoms with van der Waals surface area (Å²) < 4.78 is 40.9. The van der Waals surface area contributed by atoms with Gasteiger partial charge < -0.3 is 23.9 Å². The lowest BCUT2D eigenvalue weighted by Crippen LogP contribution is -2.52. The first-order valence-corrected chi connectivity index (χ1v) is 12.7. The van der Waals surface area contributed by atoms with Gasteiger partial charge in [-0.05, 0) is 19.1 Å². The van der Waals surface area contributed by atoms with E-state index < -0.39 is 11.6 Å². The summed E-state index contributed by atoms with van der Waals surface area (Å²) >= 11 is 0. The Kier molecular flexibility index (Phi) is 6.79. The molecule has 1 aromatic carbocycles. The van der Waals surface area contributed by atoms with Crippen LogP contribution in [0.2, 0.25) is 0 Å². The fourth-order valence-corrected chi connectivity index (χ4v) is 5.26. The third-order valence-electron chi connectivity index (χ3n) is 7.08. The maximum atomic E-state index is 15.5. The van der Waals surface area contributed by atoms with Gasteiger partial charge in [-0.2, -0.15) is 0 Å². The standard InChI is InChI=1S/C27H27F2N7O3/c1-17-25(36(19-3-2-4-30-13-19)23-15-38-10-5-32-23)24-20(29)11-18(28)12-21(24)33-26(17)34-6-8-35(9-7-34)27(37)22-14-31-16-39-22/h2-4,11-14,16,23,32H,5-10,15H2,1H3. The maximum absolute atomic E-state index is 15.5. The van der Waals surface area contributed by atoms with Crippen molar-refractivity contribution in [2.45, 2.75) is 13.1 Å². The number of nitrogens with zero attached hydrogens (tertiary/aromatic N) is 6. The van der Waals surface area contributed by atoms with Crippen LogP contribution in [-0.4, -0.2) is 77.9 Å². The number of morpholine rings is 1. The highest BCUT2D eigenvalue weighted by Gasteiger charge is 2.32. The molecule has 2 aliphatic rings. The Bertz CT molecular complexity index is 1470. The van der Waals surface area contributed by atoms with E-state index in [9.17, 15) is 9.18 Å². The topological polar surface area (TPSA) is 99.9 Å². The minimum Gasteiger partial charge on any atom is -0.438 e. The van der Waals surface area contributed by atoms with Crippen molar-refractivity contribution in [1.29, 1.82) is 0 Å². The Morgan fingerprint density at radius 1 is 1.15 bits per heavy atom. The molecule has 5 heterocycles. The van der Waals surface area contributed by atoms with Gasteiger partial charge in [-0.25, -0.2) is 18.7 Å². The van der Waals surface area contributed by atoms with Crippen molar-refractivity contribution >= 4 is 34.0 Å². The predicted molar refractivity (Wildman–Crippen MR) is 140 cm³/mol. The number of fused-ring (bicyclic) bond motifs is 1. The molecule has 1 unspecified atom stereocenters. The fraction of sp³-hybridized carbons (Fsp3) is 0.333. The second-order valence-electron chi connectivity index (χ2n) is 9.46. The number of carbonyl (C=O) groups is 1. The van der Waals surface area contributed by atoms with Crippen LogP contribution in [0.25, 0.3) is 10.9 Å². The fourth-order valence-electron chi connectivity index (χ4n) is 5.26. The lowest BCUT2D eigenvalue weighted by Gasteiger charge is -2.40. The average Bonchev–Trinajstić information content (AvgIpc) is 3.50. The molecule has 1 amide bonds. The smallest absolute Gasteiger partial charge is 0.291 e. The van der Waals surface area contributed by atoms with Gasteiger partial charge >= 0.3 is 0 Å². The van der Waals surface area contributed by atoms with E-state index in [0.29, 0.717) is 57.4 Å². The summed E-state index contributed by atoms with van der Waals surface area (Å²) in [6.45, 7) is 5.25. The molecule has 6 rings (SSSR count). The number of hydrogen-bond donors (Lipinski definition) is 1. The molecule has 3 aromatic heterocycles. The second-order valence-corrected chi connectivity index (χ2v) is 9.46. The van der Waals surface area contributed by atoms with Crippen molar-refractivity contribution in [3.63, 3.8) is 0 Å². The third-order valence-corrected chi connectivity index (χ3v) is 7.08. The van der Waals surface area contributed by atoms with Crippen LogP contribution in [0.3, 0.4) is 0 Å². The number of ether oxygens (including phenoxy) is 1. The number of anilines is 3. The summed E-state index contributed by atoms with van der Waals surface area (Å²) in [6, 6.07) is 5.84. The van der Waals surface area contributed by atoms with Crippen molar-refractivity contribution in [1.82, 2.24) is 25.2 Å². The molecule has 0 bridgehead atoms. The van der Waals surface area contributed by atoms with Crippen LogP contribution in [0.4, 0.5) is 26.0 Å². The van der Waals surface area contributed by atoms with Crippen LogP contribution in [0, 0.1) is 18.6 Å². The number of carbonyl (C=O) groups excluding carboxylic acids is 1. The van der Waals surface area contributed by atoms with Crippen LogP contribution >= 0.6 is 0 Å². The van der Waals surface area contributed by atoms with E-state index in [1.807, 2.05) is 28.9 Å². The SMILES string of the molecule is Cc1c(N2CCN(C(=O)c3cnco3)CC2)nc2cc(F)cc(F)c2c1N(c1cccnc1)C1COCCN1. The minimum absolute atomic E-state index is 0.186. The molecular weight excluding hydrogens is 508 g/mol. The molecule has 0 radical (unpaired) electrons. The summed E-state index contributed by atoms with van der Waals surface area (Å²) in [4.78, 5) is 31.3. The van der Waals surface area contributed by atoms with Crippen molar-refractivity contribution in [3.05, 3.63) is 72.2 Å². The Labute approximate surface area is 223 Å². The zero-order valence-electron chi connectivity index (χ0n) is 21.3. The highest BCUT2D eigenvalue weighted by atomic mass is 19.1. The van der Waals surface area contributed by atoms with Gasteiger partial charge in [0.25, 0.3) is 5.91 Å². The van der Waals surface area contributed by atoms with Crippen molar-refractivity contribution in [2.75, 3.05) is 55.7 Å². The summed E-state index contributed by atoms with van der Waals surface area (Å²) in [5, 5.41) is 3.67. The van der Waals surface area contributed by atoms with E-state index in [0.717, 1.165) is 17.3 Å². The number of benzene rings is 1. The maximum Gasteiger partial charge on any atom is 0.291 e. The minimum atomic E-state index is -0.706. The Morgan fingerprint density at radius 2 is 2.00 bits per heavy atom. The van der Waals surface area contributed by atoms with Crippen molar-refractivity contribution in [2.24, 2.45) is 0 Å². The van der Waals surface area contributed by atoms with Crippen LogP contribution < -0.4 is 15.1 Å². The van der Waals surface area contributed by atoms with Gasteiger partial charge in [-0.15, -0.1) is 0 Å². The van der Waals surface area contributed by atoms with Crippen LogP contribution in [0.5, 0.6) is 0 Å². The van der Waals surface area contributed by atoms with Gasteiger partial charge in [-0.1, -0.05) is 0 Å². The largest absolute Gasteiger partial charge is 0.438 e. The van der Waals surface area contributed by atoms with Gasteiger partial charge in [0.15, 0.2) is 6.39 Å². The summed E-state index contributed by atoms with van der Waals surface area (Å²) in [6.07, 6.45) is 5.68. The summed E-state index contributed by atoms with van der Waals surface area (Å²) in [5.41, 5.74) is 2.21. The van der Waals surface area contributed by atoms with Gasteiger partial charge in [0.1, 0.15) is 23.6 Å². The Balaban J connectivity index is 1.44. The van der Waals surface area contributed by atoms with E-state index in [1.165, 1.54) is 18.7 Å². The second kappa shape index (κ2) is 10.5. The third kappa shape index (κ3) is 4.77. The molecule has 0 spiro atoms. The van der Waals surface area contributed by atoms with Crippen molar-refractivity contribution in [3.8, 4) is 0 Å². The van der Waals surface area contributed by atoms with E-state index in [-0.39, 0.29) is 28.7 Å². The van der Waals surface area contributed by atoms with E-state index in [4.69, 9.17) is 14.1 Å². The molecule has 2 aliphatic heterocycles. The number of nitrogens with one attached hydrogen (secondary N) is 1. The van der Waals surface area contributed by atoms with Crippen LogP contribution in [0.1, 0.15) is 16.1 Å². The Morgan fingerprint density at radius 3 is 2.69 bits per heavy atom. The first-order chi connectivity index (χ1) is 19.0. The molecule has 2 fully saturated rings. The highest BCUT2D eigenvalue weighted by Crippen LogP contribution is 2.41. The molecule has 10 nitrogen and oxygen atoms in total. The highest BCUT2D eigenvalue weighted by molar-refractivity contribution is 5.99. The molecule has 1 N–H and O–H groups in total. The van der Waals surface area contributed by atoms with Gasteiger partial charge in [0, 0.05) is 56.6 Å². The molecule has 2 saturated heterocycles. The van der Waals surface area contributed by atoms with Gasteiger partial charge in [0.05, 0.1) is 47.9 Å². The first kappa shape index (κ1) is 25.1. The van der Waals surface area contributed by atoms with Crippen LogP contribution in [0.15, 0.2) is 53.7 Å². The van der Waals surface area contributed by atoms with E-state index >= 15 is 4.39 Å². The number of oxazole rings is 1. The number of pyridine rings is 2. The summed E-state index contributed by atoms with van der Waals surface area (Å²) in [5.74, 6) is -0.852. The van der Waals surface area contributed by atoms with Gasteiger partial charge in [-0.3, -0.25) is 15.1 Å². The first-order valence-electron chi connectivity index (χ1n) is 12.7. The molecule has 4 aromatic rings. The normalized spacial score (nSPS) is 18.0. The molecule has 12 heteroatoms. The number of hydrogen-bond acceptors (Lipinski definition) is 9. The lowest BCUT2D eigenvalue weighted by molar-refractivity contribution is 0.0714. The van der Waals surface area contributed by atoms with Crippen LogP contribution in [-0.2, 0) is 4.74 Å². The monoisotopic (exact) mass is 535 g/mol. The number of halogens is 2. The molecular formula is C27H27F2N7O3.